The Kier molecular flexibility index (Phi) is 9.34. The van der Waals surface area contributed by atoms with Gasteiger partial charge < -0.3 is 9.64 Å². The van der Waals surface area contributed by atoms with Crippen molar-refractivity contribution in [3.05, 3.63) is 62.8 Å². The number of hydrogen-bond donors (Lipinski definition) is 2. The average Bonchev–Trinajstić information content (AvgIpc) is 3.76. The highest BCUT2D eigenvalue weighted by Crippen LogP contribution is 2.51. The predicted molar refractivity (Wildman–Crippen MR) is 187 cm³/mol. The topological polar surface area (TPSA) is 125 Å². The van der Waals surface area contributed by atoms with Crippen molar-refractivity contribution >= 4 is 108 Å². The molecule has 1 aliphatic rings. The Morgan fingerprint density at radius 3 is 2.47 bits per heavy atom. The highest BCUT2D eigenvalue weighted by atomic mass is 32.2. The van der Waals surface area contributed by atoms with Crippen LogP contribution in [0.1, 0.15) is 31.2 Å². The van der Waals surface area contributed by atoms with E-state index in [1.54, 1.807) is 52.9 Å². The third-order valence-corrected chi connectivity index (χ3v) is 13.2. The van der Waals surface area contributed by atoms with Gasteiger partial charge in [-0.3, -0.25) is 9.11 Å². The second-order valence-electron chi connectivity index (χ2n) is 10.5. The fraction of sp³-hybridized carbons (Fsp3) is 0.300. The van der Waals surface area contributed by atoms with Crippen LogP contribution in [0, 0.1) is 0 Å². The van der Waals surface area contributed by atoms with Gasteiger partial charge in [0.05, 0.1) is 34.0 Å². The number of anilines is 1. The molecular formula is C30H31N2O7S6+. The molecule has 0 bridgehead atoms. The Morgan fingerprint density at radius 1 is 1.00 bits per heavy atom. The quantitative estimate of drug-likeness (QED) is 0.0999. The summed E-state index contributed by atoms with van der Waals surface area (Å²) in [7, 11) is -6.54. The molecule has 45 heavy (non-hydrogen) atoms. The maximum Gasteiger partial charge on any atom is 0.265 e. The molecule has 0 fully saturated rings. The van der Waals surface area contributed by atoms with Gasteiger partial charge in [0, 0.05) is 35.4 Å². The molecule has 0 unspecified atom stereocenters. The maximum atomic E-state index is 11.6. The summed E-state index contributed by atoms with van der Waals surface area (Å²) >= 11 is 6.49. The first-order chi connectivity index (χ1) is 21.5. The van der Waals surface area contributed by atoms with E-state index in [0.717, 1.165) is 62.3 Å². The fourth-order valence-corrected chi connectivity index (χ4v) is 10.9. The third-order valence-electron chi connectivity index (χ3n) is 7.51. The monoisotopic (exact) mass is 723 g/mol. The number of nitrogens with zero attached hydrogens (tertiary/aromatic N) is 2. The molecule has 2 N–H and O–H groups in total. The number of ether oxygens (including phenoxy) is 1. The van der Waals surface area contributed by atoms with Crippen molar-refractivity contribution in [2.24, 2.45) is 0 Å². The molecule has 2 aromatic carbocycles. The summed E-state index contributed by atoms with van der Waals surface area (Å²) in [6.07, 6.45) is 5.49. The van der Waals surface area contributed by atoms with Gasteiger partial charge >= 0.3 is 0 Å². The molecule has 3 aromatic heterocycles. The number of thiophene rings is 2. The summed E-state index contributed by atoms with van der Waals surface area (Å²) in [5.41, 5.74) is 3.10. The molecule has 6 rings (SSSR count). The Hall–Kier alpha value is -2.50. The number of fused-ring (bicyclic) bond motifs is 6. The van der Waals surface area contributed by atoms with E-state index >= 15 is 0 Å². The zero-order chi connectivity index (χ0) is 31.9. The fourth-order valence-electron chi connectivity index (χ4n) is 5.49. The van der Waals surface area contributed by atoms with Gasteiger partial charge in [-0.25, -0.2) is 0 Å². The molecule has 4 heterocycles. The summed E-state index contributed by atoms with van der Waals surface area (Å²) in [4.78, 5) is 3.24. The third kappa shape index (κ3) is 6.95. The van der Waals surface area contributed by atoms with Gasteiger partial charge in [0.15, 0.2) is 6.54 Å². The Labute approximate surface area is 277 Å². The Balaban J connectivity index is 1.44. The maximum absolute atomic E-state index is 11.6. The molecule has 0 radical (unpaired) electrons. The van der Waals surface area contributed by atoms with E-state index in [9.17, 15) is 25.9 Å². The van der Waals surface area contributed by atoms with Crippen molar-refractivity contribution in [2.75, 3.05) is 30.1 Å². The van der Waals surface area contributed by atoms with Crippen LogP contribution >= 0.6 is 45.8 Å². The molecule has 0 atom stereocenters. The van der Waals surface area contributed by atoms with Crippen LogP contribution in [0.25, 0.3) is 36.5 Å². The zero-order valence-electron chi connectivity index (χ0n) is 24.4. The lowest BCUT2D eigenvalue weighted by Gasteiger charge is -2.21. The van der Waals surface area contributed by atoms with Gasteiger partial charge in [0.25, 0.3) is 25.2 Å². The minimum absolute atomic E-state index is 0.251. The molecule has 5 aromatic rings. The highest BCUT2D eigenvalue weighted by molar-refractivity contribution is 8.03. The number of allylic oxidation sites excluding steroid dienone is 2. The zero-order valence-corrected chi connectivity index (χ0v) is 29.3. The van der Waals surface area contributed by atoms with Crippen LogP contribution < -0.4 is 14.2 Å². The van der Waals surface area contributed by atoms with Crippen LogP contribution in [0.4, 0.5) is 5.69 Å². The number of benzene rings is 2. The van der Waals surface area contributed by atoms with E-state index in [1.165, 1.54) is 0 Å². The average molecular weight is 724 g/mol. The van der Waals surface area contributed by atoms with Gasteiger partial charge in [-0.1, -0.05) is 36.1 Å². The Bertz CT molecular complexity index is 2190. The minimum atomic E-state index is -4.10. The van der Waals surface area contributed by atoms with E-state index in [1.807, 2.05) is 22.9 Å². The van der Waals surface area contributed by atoms with Crippen LogP contribution in [0.2, 0.25) is 0 Å². The smallest absolute Gasteiger partial charge is 0.265 e. The lowest BCUT2D eigenvalue weighted by Crippen LogP contribution is -2.36. The van der Waals surface area contributed by atoms with Gasteiger partial charge in [-0.2, -0.15) is 21.4 Å². The van der Waals surface area contributed by atoms with E-state index in [-0.39, 0.29) is 24.3 Å². The van der Waals surface area contributed by atoms with Crippen molar-refractivity contribution in [3.63, 3.8) is 0 Å². The van der Waals surface area contributed by atoms with E-state index in [2.05, 4.69) is 46.7 Å². The lowest BCUT2D eigenvalue weighted by molar-refractivity contribution is -0.667. The van der Waals surface area contributed by atoms with E-state index in [0.29, 0.717) is 19.5 Å². The number of thiazole rings is 1. The minimum Gasteiger partial charge on any atom is -0.496 e. The van der Waals surface area contributed by atoms with Crippen molar-refractivity contribution in [1.82, 2.24) is 0 Å². The van der Waals surface area contributed by atoms with Crippen molar-refractivity contribution in [1.29, 1.82) is 0 Å². The molecule has 1 aliphatic heterocycles. The molecule has 0 spiro atoms. The van der Waals surface area contributed by atoms with Crippen molar-refractivity contribution in [2.45, 2.75) is 37.6 Å². The number of rotatable bonds is 12. The highest BCUT2D eigenvalue weighted by Gasteiger charge is 2.29. The standard InChI is InChI=1S/C30H30N2O7S6/c1-3-19(16-25-31(10-4-14-44(33,34)35)27-23(42-25)7-6-20-8-12-40-29(20)27)17-26-32(11-5-15-45(36,37)38)28-24(43-26)18-22(39-2)21-9-13-41-30(21)28/h6-9,12-13,16-18H,3-5,10-11,14-15H2,1-2H3,(H-,33,34,35,36,37,38)/p+1. The van der Waals surface area contributed by atoms with Gasteiger partial charge in [0.2, 0.25) is 5.52 Å². The van der Waals surface area contributed by atoms with Crippen LogP contribution in [0.3, 0.4) is 0 Å². The molecule has 0 aliphatic carbocycles. The molecule has 15 heteroatoms. The molecule has 0 amide bonds. The molecule has 238 valence electrons. The summed E-state index contributed by atoms with van der Waals surface area (Å²) in [6, 6.07) is 10.3. The van der Waals surface area contributed by atoms with Crippen LogP contribution in [0.15, 0.2) is 62.7 Å². The molecule has 0 saturated carbocycles. The van der Waals surface area contributed by atoms with Crippen LogP contribution in [-0.2, 0) is 26.8 Å². The normalized spacial score (nSPS) is 15.2. The van der Waals surface area contributed by atoms with Gasteiger partial charge in [-0.05, 0) is 58.8 Å². The number of aryl methyl sites for hydroxylation is 1. The molecule has 9 nitrogen and oxygen atoms in total. The first kappa shape index (κ1) is 32.4. The lowest BCUT2D eigenvalue weighted by atomic mass is 10.1. The second kappa shape index (κ2) is 13.0. The van der Waals surface area contributed by atoms with Crippen LogP contribution in [-0.4, -0.2) is 51.1 Å². The van der Waals surface area contributed by atoms with E-state index < -0.39 is 20.2 Å². The number of hydrogen-bond acceptors (Lipinski definition) is 10. The van der Waals surface area contributed by atoms with Crippen LogP contribution in [0.5, 0.6) is 5.75 Å². The summed E-state index contributed by atoms with van der Waals surface area (Å²) in [5, 5.41) is 8.09. The Morgan fingerprint density at radius 2 is 1.73 bits per heavy atom. The number of methoxy groups -OCH3 is 1. The molecule has 0 saturated heterocycles. The SMILES string of the molecule is CCC(/C=C1\Sc2ccc3ccsc3c2N1CCCS(=O)(=O)O)=C\c1sc2cc(OC)c3ccsc3c2[n+]1CCCS(=O)(=O)O. The van der Waals surface area contributed by atoms with Crippen molar-refractivity contribution in [3.8, 4) is 5.75 Å². The largest absolute Gasteiger partial charge is 0.496 e. The summed E-state index contributed by atoms with van der Waals surface area (Å²) in [6.45, 7) is 2.90. The number of thioether (sulfide) groups is 1. The van der Waals surface area contributed by atoms with Gasteiger partial charge in [0.1, 0.15) is 15.1 Å². The van der Waals surface area contributed by atoms with Crippen molar-refractivity contribution < 1.29 is 35.2 Å². The summed E-state index contributed by atoms with van der Waals surface area (Å²) < 4.78 is 76.0. The van der Waals surface area contributed by atoms with Gasteiger partial charge in [-0.15, -0.1) is 22.7 Å². The second-order valence-corrected chi connectivity index (χ2v) is 17.6. The predicted octanol–water partition coefficient (Wildman–Crippen LogP) is 7.43. The number of aromatic nitrogens is 1. The molecular weight excluding hydrogens is 693 g/mol. The van der Waals surface area contributed by atoms with E-state index in [4.69, 9.17) is 4.74 Å². The first-order valence-electron chi connectivity index (χ1n) is 14.1. The summed E-state index contributed by atoms with van der Waals surface area (Å²) in [5.74, 6) is 0.123. The first-order valence-corrected chi connectivity index (χ1v) is 20.8.